The van der Waals surface area contributed by atoms with Gasteiger partial charge in [0.2, 0.25) is 0 Å². The van der Waals surface area contributed by atoms with Crippen LogP contribution in [-0.4, -0.2) is 16.1 Å². The summed E-state index contributed by atoms with van der Waals surface area (Å²) in [4.78, 5) is 4.91. The van der Waals surface area contributed by atoms with Crippen LogP contribution in [0.4, 0.5) is 34.1 Å². The molecule has 0 heterocycles. The van der Waals surface area contributed by atoms with Gasteiger partial charge in [-0.25, -0.2) is 0 Å². The molecule has 1 aliphatic carbocycles. The lowest BCUT2D eigenvalue weighted by atomic mass is 9.91. The number of hydrogen-bond donors (Lipinski definition) is 0. The maximum Gasteiger partial charge on any atom is 0.0579 e. The highest BCUT2D eigenvalue weighted by molar-refractivity contribution is 7.00. The normalized spacial score (nSPS) is 13.5. The average molecular weight is 829 g/mol. The summed E-state index contributed by atoms with van der Waals surface area (Å²) in [6.45, 7) is 24.9. The number of rotatable bonds is 10. The van der Waals surface area contributed by atoms with Crippen LogP contribution in [0.15, 0.2) is 170 Å². The van der Waals surface area contributed by atoms with Gasteiger partial charge in [0.05, 0.1) is 16.1 Å². The molecule has 9 rings (SSSR count). The molecule has 0 aliphatic heterocycles. The Bertz CT molecular complexity index is 2850. The molecular formula is C57H60N2Si2. The molecule has 61 heavy (non-hydrogen) atoms. The highest BCUT2D eigenvalue weighted by Crippen LogP contribution is 2.62. The first-order chi connectivity index (χ1) is 29.2. The number of anilines is 6. The van der Waals surface area contributed by atoms with E-state index in [9.17, 15) is 0 Å². The molecule has 2 nitrogen and oxygen atoms in total. The smallest absolute Gasteiger partial charge is 0.0579 e. The molecule has 0 unspecified atom stereocenters. The fraction of sp³-hybridized carbons (Fsp3) is 0.228. The van der Waals surface area contributed by atoms with Crippen LogP contribution in [0.1, 0.15) is 61.8 Å². The first-order valence-corrected chi connectivity index (χ1v) is 29.2. The van der Waals surface area contributed by atoms with Crippen molar-refractivity contribution in [2.75, 3.05) is 9.80 Å². The molecule has 306 valence electrons. The van der Waals surface area contributed by atoms with Crippen LogP contribution >= 0.6 is 0 Å². The highest BCUT2D eigenvalue weighted by Gasteiger charge is 2.60. The standard InChI is InChI=1S/C57H60N2Si2/c1-39(2)41-25-29-45(30-26-41)58(43-19-13-11-14-20-43)47-33-35-51-53(37-47)49-23-17-18-24-50(49)55-52-36-34-48(38-54(52)57(56(51)55,60(5,6)7)61(8,9)10)59(44-21-15-12-16-22-44)46-31-27-42(28-32-46)40(3)4/h11-40H,1-10H3. The molecule has 8 aromatic rings. The van der Waals surface area contributed by atoms with Crippen molar-refractivity contribution >= 4 is 71.8 Å². The molecular weight excluding hydrogens is 769 g/mol. The molecule has 0 saturated heterocycles. The number of fused-ring (bicyclic) bond motifs is 8. The third-order valence-corrected chi connectivity index (χ3v) is 23.5. The van der Waals surface area contributed by atoms with Gasteiger partial charge in [-0.05, 0) is 140 Å². The van der Waals surface area contributed by atoms with Crippen LogP contribution in [0.3, 0.4) is 0 Å². The molecule has 0 bridgehead atoms. The zero-order chi connectivity index (χ0) is 42.8. The van der Waals surface area contributed by atoms with E-state index in [4.69, 9.17) is 0 Å². The third kappa shape index (κ3) is 6.67. The fourth-order valence-electron chi connectivity index (χ4n) is 11.1. The van der Waals surface area contributed by atoms with Gasteiger partial charge in [0.15, 0.2) is 0 Å². The van der Waals surface area contributed by atoms with E-state index in [1.165, 1.54) is 77.8 Å². The van der Waals surface area contributed by atoms with Gasteiger partial charge < -0.3 is 9.80 Å². The second-order valence-corrected chi connectivity index (χ2v) is 30.8. The van der Waals surface area contributed by atoms with Crippen LogP contribution in [-0.2, 0) is 4.66 Å². The lowest BCUT2D eigenvalue weighted by Gasteiger charge is -2.52. The number of benzene rings is 8. The van der Waals surface area contributed by atoms with Gasteiger partial charge in [0.25, 0.3) is 0 Å². The van der Waals surface area contributed by atoms with Crippen molar-refractivity contribution in [1.82, 2.24) is 0 Å². The van der Waals surface area contributed by atoms with Crippen molar-refractivity contribution in [2.24, 2.45) is 0 Å². The van der Waals surface area contributed by atoms with Gasteiger partial charge in [-0.3, -0.25) is 0 Å². The Hall–Kier alpha value is -5.69. The fourth-order valence-corrected chi connectivity index (χ4v) is 24.1. The zero-order valence-electron chi connectivity index (χ0n) is 37.7. The Kier molecular flexibility index (Phi) is 10.2. The van der Waals surface area contributed by atoms with E-state index in [1.807, 2.05) is 0 Å². The van der Waals surface area contributed by atoms with Crippen molar-refractivity contribution in [1.29, 1.82) is 0 Å². The Labute approximate surface area is 366 Å². The molecule has 0 fully saturated rings. The Balaban J connectivity index is 1.33. The minimum absolute atomic E-state index is 0.0832. The number of nitrogens with zero attached hydrogens (tertiary/aromatic N) is 2. The quantitative estimate of drug-likeness (QED) is 0.100. The number of hydrogen-bond acceptors (Lipinski definition) is 2. The molecule has 4 heteroatoms. The van der Waals surface area contributed by atoms with Gasteiger partial charge in [-0.15, -0.1) is 0 Å². The average Bonchev–Trinajstić information content (AvgIpc) is 3.58. The summed E-state index contributed by atoms with van der Waals surface area (Å²) in [5.41, 5.74) is 15.7. The van der Waals surface area contributed by atoms with Crippen molar-refractivity contribution < 1.29 is 0 Å². The molecule has 0 saturated carbocycles. The molecule has 0 atom stereocenters. The Morgan fingerprint density at radius 3 is 1.26 bits per heavy atom. The maximum absolute atomic E-state index is 2.64. The Morgan fingerprint density at radius 2 is 0.787 bits per heavy atom. The van der Waals surface area contributed by atoms with Crippen LogP contribution in [0.5, 0.6) is 0 Å². The van der Waals surface area contributed by atoms with Crippen molar-refractivity contribution in [3.05, 3.63) is 192 Å². The molecule has 0 aromatic heterocycles. The third-order valence-electron chi connectivity index (χ3n) is 13.5. The Morgan fingerprint density at radius 1 is 0.377 bits per heavy atom. The monoisotopic (exact) mass is 828 g/mol. The predicted molar refractivity (Wildman–Crippen MR) is 272 cm³/mol. The topological polar surface area (TPSA) is 6.48 Å². The highest BCUT2D eigenvalue weighted by atomic mass is 28.4. The zero-order valence-corrected chi connectivity index (χ0v) is 39.7. The van der Waals surface area contributed by atoms with Gasteiger partial charge in [-0.2, -0.15) is 0 Å². The lowest BCUT2D eigenvalue weighted by molar-refractivity contribution is 0.866. The van der Waals surface area contributed by atoms with Gasteiger partial charge in [0.1, 0.15) is 0 Å². The maximum atomic E-state index is 2.64. The summed E-state index contributed by atoms with van der Waals surface area (Å²) < 4.78 is -0.0832. The van der Waals surface area contributed by atoms with Crippen molar-refractivity contribution in [3.63, 3.8) is 0 Å². The van der Waals surface area contributed by atoms with E-state index in [2.05, 4.69) is 247 Å². The van der Waals surface area contributed by atoms with Crippen LogP contribution < -0.4 is 9.80 Å². The summed E-state index contributed by atoms with van der Waals surface area (Å²) in [5, 5.41) is 5.39. The summed E-state index contributed by atoms with van der Waals surface area (Å²) in [6.07, 6.45) is 0. The summed E-state index contributed by atoms with van der Waals surface area (Å²) in [6, 6.07) is 64.3. The van der Waals surface area contributed by atoms with Crippen molar-refractivity contribution in [2.45, 2.75) is 83.5 Å². The molecule has 0 amide bonds. The van der Waals surface area contributed by atoms with E-state index in [1.54, 1.807) is 5.56 Å². The van der Waals surface area contributed by atoms with Gasteiger partial charge in [0, 0.05) is 38.8 Å². The minimum Gasteiger partial charge on any atom is -0.310 e. The van der Waals surface area contributed by atoms with E-state index < -0.39 is 16.1 Å². The second kappa shape index (κ2) is 15.3. The first-order valence-electron chi connectivity index (χ1n) is 22.2. The first kappa shape index (κ1) is 40.7. The SMILES string of the molecule is CC(C)c1ccc(N(c2ccccc2)c2ccc3c(c2)C([Si](C)(C)C)([Si](C)(C)C)c2c-3c3ccccc3c3cc(N(c4ccccc4)c4ccc(C(C)C)cc4)ccc23)cc1. The molecule has 1 aliphatic rings. The van der Waals surface area contributed by atoms with Crippen LogP contribution in [0.25, 0.3) is 32.7 Å². The largest absolute Gasteiger partial charge is 0.310 e. The van der Waals surface area contributed by atoms with E-state index in [-0.39, 0.29) is 4.66 Å². The molecule has 0 spiro atoms. The summed E-state index contributed by atoms with van der Waals surface area (Å²) in [7, 11) is -4.15. The predicted octanol–water partition coefficient (Wildman–Crippen LogP) is 17.2. The van der Waals surface area contributed by atoms with E-state index in [0.29, 0.717) is 11.8 Å². The molecule has 8 aromatic carbocycles. The van der Waals surface area contributed by atoms with Gasteiger partial charge >= 0.3 is 0 Å². The van der Waals surface area contributed by atoms with Crippen LogP contribution in [0, 0.1) is 0 Å². The van der Waals surface area contributed by atoms with Crippen molar-refractivity contribution in [3.8, 4) is 11.1 Å². The van der Waals surface area contributed by atoms with E-state index >= 15 is 0 Å². The summed E-state index contributed by atoms with van der Waals surface area (Å²) in [5.74, 6) is 0.953. The molecule has 0 radical (unpaired) electrons. The number of para-hydroxylation sites is 2. The lowest BCUT2D eigenvalue weighted by Crippen LogP contribution is -2.63. The van der Waals surface area contributed by atoms with Crippen LogP contribution in [0.2, 0.25) is 39.3 Å². The minimum atomic E-state index is -2.08. The summed E-state index contributed by atoms with van der Waals surface area (Å²) >= 11 is 0. The molecule has 0 N–H and O–H groups in total. The van der Waals surface area contributed by atoms with E-state index in [0.717, 1.165) is 5.69 Å². The van der Waals surface area contributed by atoms with Gasteiger partial charge in [-0.1, -0.05) is 164 Å². The second-order valence-electron chi connectivity index (χ2n) is 19.8.